The number of rotatable bonds is 4. The lowest BCUT2D eigenvalue weighted by Gasteiger charge is -2.25. The molecule has 1 aliphatic rings. The third-order valence-electron chi connectivity index (χ3n) is 3.82. The Morgan fingerprint density at radius 2 is 2.05 bits per heavy atom. The summed E-state index contributed by atoms with van der Waals surface area (Å²) in [5.41, 5.74) is 2.00. The first-order chi connectivity index (χ1) is 9.17. The van der Waals surface area contributed by atoms with Gasteiger partial charge in [0.2, 0.25) is 0 Å². The molecule has 1 aromatic rings. The Labute approximate surface area is 114 Å². The summed E-state index contributed by atoms with van der Waals surface area (Å²) in [5, 5.41) is 3.41. The van der Waals surface area contributed by atoms with E-state index in [9.17, 15) is 4.39 Å². The summed E-state index contributed by atoms with van der Waals surface area (Å²) >= 11 is 0. The summed E-state index contributed by atoms with van der Waals surface area (Å²) in [6.07, 6.45) is 3.30. The highest BCUT2D eigenvalue weighted by atomic mass is 19.1. The molecule has 106 valence electrons. The molecule has 0 amide bonds. The predicted molar refractivity (Wildman–Crippen MR) is 73.5 cm³/mol. The molecular weight excluding hydrogens is 245 g/mol. The minimum absolute atomic E-state index is 0.215. The Bertz CT molecular complexity index is 442. The number of halogens is 1. The normalized spacial score (nSPS) is 19.3. The van der Waals surface area contributed by atoms with Crippen LogP contribution < -0.4 is 14.8 Å². The van der Waals surface area contributed by atoms with Crippen LogP contribution in [0, 0.1) is 18.7 Å². The zero-order valence-corrected chi connectivity index (χ0v) is 11.9. The molecule has 1 saturated heterocycles. The van der Waals surface area contributed by atoms with Gasteiger partial charge in [0.15, 0.2) is 17.3 Å². The number of ether oxygens (including phenoxy) is 2. The maximum Gasteiger partial charge on any atom is 0.197 e. The smallest absolute Gasteiger partial charge is 0.197 e. The van der Waals surface area contributed by atoms with Crippen LogP contribution in [-0.4, -0.2) is 27.3 Å². The summed E-state index contributed by atoms with van der Waals surface area (Å²) in [6.45, 7) is 4.04. The van der Waals surface area contributed by atoms with Gasteiger partial charge in [-0.25, -0.2) is 4.39 Å². The Kier molecular flexibility index (Phi) is 4.64. The fourth-order valence-electron chi connectivity index (χ4n) is 2.81. The molecule has 0 bridgehead atoms. The molecule has 1 unspecified atom stereocenters. The summed E-state index contributed by atoms with van der Waals surface area (Å²) in [7, 11) is 3.04. The lowest BCUT2D eigenvalue weighted by molar-refractivity contribution is 0.326. The van der Waals surface area contributed by atoms with Gasteiger partial charge in [-0.2, -0.15) is 0 Å². The van der Waals surface area contributed by atoms with Crippen LogP contribution in [0.5, 0.6) is 11.5 Å². The van der Waals surface area contributed by atoms with E-state index in [2.05, 4.69) is 5.32 Å². The van der Waals surface area contributed by atoms with Gasteiger partial charge in [0, 0.05) is 5.56 Å². The van der Waals surface area contributed by atoms with E-state index in [1.165, 1.54) is 26.0 Å². The van der Waals surface area contributed by atoms with E-state index in [-0.39, 0.29) is 11.6 Å². The first-order valence-corrected chi connectivity index (χ1v) is 6.78. The quantitative estimate of drug-likeness (QED) is 0.910. The van der Waals surface area contributed by atoms with Gasteiger partial charge in [-0.1, -0.05) is 0 Å². The maximum atomic E-state index is 13.8. The molecule has 0 aliphatic carbocycles. The van der Waals surface area contributed by atoms with Gasteiger partial charge in [0.1, 0.15) is 0 Å². The third-order valence-corrected chi connectivity index (χ3v) is 3.82. The van der Waals surface area contributed by atoms with Gasteiger partial charge in [0.05, 0.1) is 14.2 Å². The van der Waals surface area contributed by atoms with Gasteiger partial charge >= 0.3 is 0 Å². The molecule has 1 fully saturated rings. The van der Waals surface area contributed by atoms with Crippen molar-refractivity contribution in [1.29, 1.82) is 0 Å². The van der Waals surface area contributed by atoms with Gasteiger partial charge in [-0.05, 0) is 56.8 Å². The van der Waals surface area contributed by atoms with Gasteiger partial charge < -0.3 is 14.8 Å². The highest BCUT2D eigenvalue weighted by Gasteiger charge is 2.22. The number of nitrogens with one attached hydrogen (secondary N) is 1. The Morgan fingerprint density at radius 3 is 2.63 bits per heavy atom. The van der Waals surface area contributed by atoms with E-state index < -0.39 is 0 Å². The van der Waals surface area contributed by atoms with Crippen LogP contribution in [0.25, 0.3) is 0 Å². The lowest BCUT2D eigenvalue weighted by atomic mass is 9.89. The van der Waals surface area contributed by atoms with Crippen LogP contribution >= 0.6 is 0 Å². The summed E-state index contributed by atoms with van der Waals surface area (Å²) in [5.74, 6) is 0.983. The first-order valence-electron chi connectivity index (χ1n) is 6.78. The van der Waals surface area contributed by atoms with Crippen molar-refractivity contribution in [2.24, 2.45) is 5.92 Å². The molecule has 0 spiro atoms. The topological polar surface area (TPSA) is 30.5 Å². The van der Waals surface area contributed by atoms with Crippen molar-refractivity contribution in [2.45, 2.75) is 26.2 Å². The Hall–Kier alpha value is -1.29. The molecule has 1 atom stereocenters. The molecule has 2 rings (SSSR count). The molecule has 1 N–H and O–H groups in total. The molecule has 19 heavy (non-hydrogen) atoms. The largest absolute Gasteiger partial charge is 0.492 e. The number of hydrogen-bond acceptors (Lipinski definition) is 3. The van der Waals surface area contributed by atoms with Gasteiger partial charge in [-0.15, -0.1) is 0 Å². The second kappa shape index (κ2) is 6.24. The summed E-state index contributed by atoms with van der Waals surface area (Å²) in [4.78, 5) is 0. The zero-order valence-electron chi connectivity index (χ0n) is 11.9. The molecule has 0 radical (unpaired) electrons. The molecular formula is C15H22FNO2. The molecule has 1 heterocycles. The van der Waals surface area contributed by atoms with Crippen molar-refractivity contribution in [3.63, 3.8) is 0 Å². The van der Waals surface area contributed by atoms with Crippen molar-refractivity contribution in [3.05, 3.63) is 23.0 Å². The van der Waals surface area contributed by atoms with Gasteiger partial charge in [-0.3, -0.25) is 0 Å². The standard InChI is InChI=1S/C15H22FNO2/c1-10-7-13(16)15(19-3)14(18-2)12(10)8-11-5-4-6-17-9-11/h7,11,17H,4-6,8-9H2,1-3H3. The third kappa shape index (κ3) is 3.00. The van der Waals surface area contributed by atoms with Crippen LogP contribution in [0.4, 0.5) is 4.39 Å². The minimum atomic E-state index is -0.359. The second-order valence-electron chi connectivity index (χ2n) is 5.14. The Morgan fingerprint density at radius 1 is 1.32 bits per heavy atom. The number of aryl methyl sites for hydroxylation is 1. The molecule has 0 aromatic heterocycles. The SMILES string of the molecule is COc1c(F)cc(C)c(CC2CCCNC2)c1OC. The van der Waals surface area contributed by atoms with Crippen molar-refractivity contribution in [3.8, 4) is 11.5 Å². The highest BCUT2D eigenvalue weighted by molar-refractivity contribution is 5.51. The molecule has 3 nitrogen and oxygen atoms in total. The second-order valence-corrected chi connectivity index (χ2v) is 5.14. The van der Waals surface area contributed by atoms with Crippen molar-refractivity contribution < 1.29 is 13.9 Å². The van der Waals surface area contributed by atoms with Crippen molar-refractivity contribution in [1.82, 2.24) is 5.32 Å². The first kappa shape index (κ1) is 14.1. The Balaban J connectivity index is 2.32. The maximum absolute atomic E-state index is 13.8. The summed E-state index contributed by atoms with van der Waals surface area (Å²) < 4.78 is 24.4. The summed E-state index contributed by atoms with van der Waals surface area (Å²) in [6, 6.07) is 1.53. The van der Waals surface area contributed by atoms with Crippen LogP contribution in [0.15, 0.2) is 6.07 Å². The molecule has 1 aromatic carbocycles. The number of benzene rings is 1. The fourth-order valence-corrected chi connectivity index (χ4v) is 2.81. The van der Waals surface area contributed by atoms with Crippen LogP contribution in [0.3, 0.4) is 0 Å². The fraction of sp³-hybridized carbons (Fsp3) is 0.600. The van der Waals surface area contributed by atoms with E-state index in [4.69, 9.17) is 9.47 Å². The highest BCUT2D eigenvalue weighted by Crippen LogP contribution is 2.37. The van der Waals surface area contributed by atoms with Crippen LogP contribution in [-0.2, 0) is 6.42 Å². The van der Waals surface area contributed by atoms with E-state index >= 15 is 0 Å². The van der Waals surface area contributed by atoms with E-state index in [1.807, 2.05) is 6.92 Å². The minimum Gasteiger partial charge on any atom is -0.492 e. The molecule has 1 aliphatic heterocycles. The monoisotopic (exact) mass is 267 g/mol. The predicted octanol–water partition coefficient (Wildman–Crippen LogP) is 2.69. The van der Waals surface area contributed by atoms with Crippen molar-refractivity contribution >= 4 is 0 Å². The van der Waals surface area contributed by atoms with Crippen molar-refractivity contribution in [2.75, 3.05) is 27.3 Å². The number of methoxy groups -OCH3 is 2. The number of hydrogen-bond donors (Lipinski definition) is 1. The van der Waals surface area contributed by atoms with Crippen LogP contribution in [0.2, 0.25) is 0 Å². The van der Waals surface area contributed by atoms with E-state index in [0.29, 0.717) is 11.7 Å². The van der Waals surface area contributed by atoms with E-state index in [0.717, 1.165) is 30.6 Å². The average molecular weight is 267 g/mol. The molecule has 0 saturated carbocycles. The zero-order chi connectivity index (χ0) is 13.8. The number of piperidine rings is 1. The molecule has 4 heteroatoms. The van der Waals surface area contributed by atoms with E-state index in [1.54, 1.807) is 7.11 Å². The average Bonchev–Trinajstić information content (AvgIpc) is 2.42. The van der Waals surface area contributed by atoms with Gasteiger partial charge in [0.25, 0.3) is 0 Å². The van der Waals surface area contributed by atoms with Crippen LogP contribution in [0.1, 0.15) is 24.0 Å². The lowest BCUT2D eigenvalue weighted by Crippen LogP contribution is -2.31.